The van der Waals surface area contributed by atoms with Crippen LogP contribution in [0.15, 0.2) is 60.1 Å². The lowest BCUT2D eigenvalue weighted by molar-refractivity contribution is 0.480. The molecule has 104 valence electrons. The second-order valence-electron chi connectivity index (χ2n) is 4.03. The third kappa shape index (κ3) is 3.60. The van der Waals surface area contributed by atoms with Crippen LogP contribution in [-0.2, 0) is 0 Å². The molecule has 0 aliphatic rings. The van der Waals surface area contributed by atoms with Crippen molar-refractivity contribution in [2.75, 3.05) is 5.32 Å². The van der Waals surface area contributed by atoms with Gasteiger partial charge >= 0.3 is 0 Å². The summed E-state index contributed by atoms with van der Waals surface area (Å²) in [5.41, 5.74) is 0.144. The fourth-order valence-corrected chi connectivity index (χ4v) is 1.61. The van der Waals surface area contributed by atoms with Gasteiger partial charge in [0.2, 0.25) is 0 Å². The second kappa shape index (κ2) is 7.09. The average Bonchev–Trinajstić information content (AvgIpc) is 2.56. The molecule has 0 aliphatic carbocycles. The summed E-state index contributed by atoms with van der Waals surface area (Å²) in [5, 5.41) is 29.4. The van der Waals surface area contributed by atoms with E-state index in [4.69, 9.17) is 20.5 Å². The molecule has 0 fully saturated rings. The predicted molar refractivity (Wildman–Crippen MR) is 78.2 cm³/mol. The number of ether oxygens (including phenoxy) is 1. The molecule has 0 saturated heterocycles. The van der Waals surface area contributed by atoms with Gasteiger partial charge in [0.05, 0.1) is 6.20 Å². The topological polar surface area (TPSA) is 106 Å². The van der Waals surface area contributed by atoms with E-state index in [1.807, 2.05) is 0 Å². The number of anilines is 1. The monoisotopic (exact) mass is 287 g/mol. The van der Waals surface area contributed by atoms with Crippen LogP contribution in [-0.4, -0.2) is 4.98 Å². The molecule has 1 heterocycles. The number of allylic oxidation sites excluding steroid dienone is 2. The lowest BCUT2D eigenvalue weighted by Crippen LogP contribution is -2.00. The van der Waals surface area contributed by atoms with E-state index in [-0.39, 0.29) is 11.3 Å². The number of rotatable bonds is 4. The molecule has 0 bridgehead atoms. The molecular formula is C16H9N5O. The second-order valence-corrected chi connectivity index (χ2v) is 4.03. The van der Waals surface area contributed by atoms with E-state index in [9.17, 15) is 0 Å². The van der Waals surface area contributed by atoms with Crippen molar-refractivity contribution in [2.24, 2.45) is 0 Å². The zero-order valence-corrected chi connectivity index (χ0v) is 11.3. The number of nitrogens with zero attached hydrogens (tertiary/aromatic N) is 4. The van der Waals surface area contributed by atoms with Crippen LogP contribution in [0.4, 0.5) is 5.69 Å². The summed E-state index contributed by atoms with van der Waals surface area (Å²) in [4.78, 5) is 3.95. The normalized spacial score (nSPS) is 8.77. The smallest absolute Gasteiger partial charge is 0.163 e. The maximum absolute atomic E-state index is 9.01. The van der Waals surface area contributed by atoms with Gasteiger partial charge in [-0.2, -0.15) is 15.8 Å². The quantitative estimate of drug-likeness (QED) is 0.866. The fourth-order valence-electron chi connectivity index (χ4n) is 1.61. The van der Waals surface area contributed by atoms with Gasteiger partial charge in [-0.3, -0.25) is 4.98 Å². The van der Waals surface area contributed by atoms with Crippen molar-refractivity contribution in [1.82, 2.24) is 4.98 Å². The van der Waals surface area contributed by atoms with Crippen LogP contribution in [0.25, 0.3) is 0 Å². The molecule has 2 rings (SSSR count). The van der Waals surface area contributed by atoms with Gasteiger partial charge in [-0.05, 0) is 24.3 Å². The van der Waals surface area contributed by atoms with E-state index >= 15 is 0 Å². The molecule has 6 nitrogen and oxygen atoms in total. The van der Waals surface area contributed by atoms with Gasteiger partial charge in [0.15, 0.2) is 5.57 Å². The molecule has 6 heteroatoms. The van der Waals surface area contributed by atoms with Crippen molar-refractivity contribution in [2.45, 2.75) is 0 Å². The summed E-state index contributed by atoms with van der Waals surface area (Å²) in [6.45, 7) is 0. The van der Waals surface area contributed by atoms with E-state index in [2.05, 4.69) is 10.3 Å². The molecule has 22 heavy (non-hydrogen) atoms. The number of aromatic nitrogens is 1. The first kappa shape index (κ1) is 14.6. The number of nitriles is 3. The van der Waals surface area contributed by atoms with E-state index < -0.39 is 0 Å². The van der Waals surface area contributed by atoms with Crippen molar-refractivity contribution >= 4 is 5.69 Å². The molecule has 0 spiro atoms. The van der Waals surface area contributed by atoms with E-state index in [1.54, 1.807) is 67.0 Å². The highest BCUT2D eigenvalue weighted by Gasteiger charge is 2.07. The van der Waals surface area contributed by atoms with E-state index in [0.29, 0.717) is 17.2 Å². The van der Waals surface area contributed by atoms with Gasteiger partial charge in [-0.1, -0.05) is 6.07 Å². The zero-order chi connectivity index (χ0) is 15.8. The Morgan fingerprint density at radius 3 is 2.41 bits per heavy atom. The summed E-state index contributed by atoms with van der Waals surface area (Å²) >= 11 is 0. The summed E-state index contributed by atoms with van der Waals surface area (Å²) in [5.74, 6) is 1.11. The molecule has 0 atom stereocenters. The fraction of sp³-hybridized carbons (Fsp3) is 0. The Bertz CT molecular complexity index is 806. The number of hydrogen-bond donors (Lipinski definition) is 1. The highest BCUT2D eigenvalue weighted by atomic mass is 16.5. The largest absolute Gasteiger partial charge is 0.456 e. The lowest BCUT2D eigenvalue weighted by atomic mass is 10.2. The number of pyridine rings is 1. The zero-order valence-electron chi connectivity index (χ0n) is 11.3. The van der Waals surface area contributed by atoms with Crippen LogP contribution in [0.5, 0.6) is 11.5 Å². The molecule has 0 amide bonds. The summed E-state index contributed by atoms with van der Waals surface area (Å²) in [6.07, 6.45) is 3.21. The van der Waals surface area contributed by atoms with E-state index in [0.717, 1.165) is 0 Å². The average molecular weight is 287 g/mol. The standard InChI is InChI=1S/C16H9N5O/c17-8-12(9-18)16(10-19)21-13-3-1-4-14(7-13)22-15-5-2-6-20-11-15/h1-7,11,21H. The van der Waals surface area contributed by atoms with Gasteiger partial charge in [0, 0.05) is 18.0 Å². The molecular weight excluding hydrogens is 278 g/mol. The van der Waals surface area contributed by atoms with Crippen molar-refractivity contribution in [3.8, 4) is 29.7 Å². The Morgan fingerprint density at radius 2 is 1.77 bits per heavy atom. The third-order valence-electron chi connectivity index (χ3n) is 2.56. The van der Waals surface area contributed by atoms with Crippen LogP contribution in [0.1, 0.15) is 0 Å². The number of nitrogens with one attached hydrogen (secondary N) is 1. The molecule has 0 saturated carbocycles. The van der Waals surface area contributed by atoms with Crippen LogP contribution in [0.3, 0.4) is 0 Å². The van der Waals surface area contributed by atoms with Crippen LogP contribution in [0.2, 0.25) is 0 Å². The molecule has 1 N–H and O–H groups in total. The predicted octanol–water partition coefficient (Wildman–Crippen LogP) is 3.11. The highest BCUT2D eigenvalue weighted by molar-refractivity contribution is 5.59. The van der Waals surface area contributed by atoms with E-state index in [1.165, 1.54) is 0 Å². The SMILES string of the molecule is N#CC(C#N)=C(C#N)Nc1cccc(Oc2cccnc2)c1. The minimum atomic E-state index is -0.277. The molecule has 2 aromatic rings. The van der Waals surface area contributed by atoms with Gasteiger partial charge < -0.3 is 10.1 Å². The Kier molecular flexibility index (Phi) is 4.70. The van der Waals surface area contributed by atoms with Crippen LogP contribution in [0, 0.1) is 34.0 Å². The van der Waals surface area contributed by atoms with Crippen LogP contribution >= 0.6 is 0 Å². The minimum absolute atomic E-state index is 0.108. The molecule has 0 radical (unpaired) electrons. The Labute approximate surface area is 127 Å². The van der Waals surface area contributed by atoms with Crippen molar-refractivity contribution in [3.05, 3.63) is 60.1 Å². The maximum atomic E-state index is 9.01. The first-order valence-corrected chi connectivity index (χ1v) is 6.16. The first-order valence-electron chi connectivity index (χ1n) is 6.16. The van der Waals surface area contributed by atoms with Gasteiger partial charge in [-0.25, -0.2) is 0 Å². The number of hydrogen-bond acceptors (Lipinski definition) is 6. The van der Waals surface area contributed by atoms with Gasteiger partial charge in [0.1, 0.15) is 35.4 Å². The molecule has 1 aromatic heterocycles. The Morgan fingerprint density at radius 1 is 1.00 bits per heavy atom. The van der Waals surface area contributed by atoms with Gasteiger partial charge in [0.25, 0.3) is 0 Å². The Hall–Kier alpha value is -3.82. The van der Waals surface area contributed by atoms with Gasteiger partial charge in [-0.15, -0.1) is 0 Å². The highest BCUT2D eigenvalue weighted by Crippen LogP contribution is 2.24. The summed E-state index contributed by atoms with van der Waals surface area (Å²) < 4.78 is 5.62. The first-order chi connectivity index (χ1) is 10.8. The minimum Gasteiger partial charge on any atom is -0.456 e. The maximum Gasteiger partial charge on any atom is 0.163 e. The third-order valence-corrected chi connectivity index (χ3v) is 2.56. The number of benzene rings is 1. The summed E-state index contributed by atoms with van der Waals surface area (Å²) in [7, 11) is 0. The molecule has 0 aliphatic heterocycles. The van der Waals surface area contributed by atoms with Crippen molar-refractivity contribution in [1.29, 1.82) is 15.8 Å². The van der Waals surface area contributed by atoms with Crippen molar-refractivity contribution in [3.63, 3.8) is 0 Å². The Balaban J connectivity index is 2.23. The van der Waals surface area contributed by atoms with Crippen LogP contribution < -0.4 is 10.1 Å². The molecule has 1 aromatic carbocycles. The van der Waals surface area contributed by atoms with Crippen molar-refractivity contribution < 1.29 is 4.74 Å². The summed E-state index contributed by atoms with van der Waals surface area (Å²) in [6, 6.07) is 15.5. The molecule has 0 unspecified atom stereocenters. The lowest BCUT2D eigenvalue weighted by Gasteiger charge is -2.08.